The molecule has 3 rings (SSSR count). The fourth-order valence-electron chi connectivity index (χ4n) is 2.53. The lowest BCUT2D eigenvalue weighted by Crippen LogP contribution is -2.00. The third kappa shape index (κ3) is 2.81. The normalized spacial score (nSPS) is 10.6. The molecule has 0 saturated carbocycles. The minimum absolute atomic E-state index is 0.0542. The van der Waals surface area contributed by atoms with Gasteiger partial charge in [0.05, 0.1) is 11.4 Å². The smallest absolute Gasteiger partial charge is 0.353 e. The number of aromatic amines is 1. The average Bonchev–Trinajstić information content (AvgIpc) is 3.20. The number of rotatable bonds is 4. The summed E-state index contributed by atoms with van der Waals surface area (Å²) in [5.41, 5.74) is 8.94. The van der Waals surface area contributed by atoms with Gasteiger partial charge in [-0.2, -0.15) is 15.5 Å². The predicted molar refractivity (Wildman–Crippen MR) is 89.5 cm³/mol. The molecule has 3 aromatic rings. The lowest BCUT2D eigenvalue weighted by molar-refractivity contribution is 0.0690. The maximum absolute atomic E-state index is 11.0. The Morgan fingerprint density at radius 3 is 2.72 bits per heavy atom. The minimum atomic E-state index is -1.12. The molecule has 3 heterocycles. The molecule has 0 spiro atoms. The minimum Gasteiger partial charge on any atom is -0.477 e. The molecule has 0 aliphatic heterocycles. The van der Waals surface area contributed by atoms with Crippen LogP contribution in [-0.4, -0.2) is 36.0 Å². The second-order valence-electron chi connectivity index (χ2n) is 5.38. The second kappa shape index (κ2) is 6.09. The van der Waals surface area contributed by atoms with Crippen molar-refractivity contribution in [3.05, 3.63) is 35.3 Å². The van der Waals surface area contributed by atoms with Crippen molar-refractivity contribution in [2.24, 2.45) is 0 Å². The number of hydrogen-bond acceptors (Lipinski definition) is 6. The molecule has 0 radical (unpaired) electrons. The van der Waals surface area contributed by atoms with E-state index >= 15 is 0 Å². The van der Waals surface area contributed by atoms with Gasteiger partial charge in [-0.15, -0.1) is 0 Å². The molecule has 0 aliphatic carbocycles. The number of aryl methyl sites for hydroxylation is 2. The fraction of sp³-hybridized carbons (Fsp3) is 0.188. The number of aromatic carboxylic acids is 1. The summed E-state index contributed by atoms with van der Waals surface area (Å²) in [6.45, 7) is 4.50. The Kier molecular flexibility index (Phi) is 3.94. The van der Waals surface area contributed by atoms with E-state index in [1.54, 1.807) is 10.7 Å². The number of aromatic nitrogens is 5. The Labute approximate surface area is 142 Å². The van der Waals surface area contributed by atoms with Gasteiger partial charge in [0.2, 0.25) is 0 Å². The molecule has 126 valence electrons. The Morgan fingerprint density at radius 1 is 1.40 bits per heavy atom. The van der Waals surface area contributed by atoms with Gasteiger partial charge in [0, 0.05) is 29.9 Å². The monoisotopic (exact) mass is 337 g/mol. The van der Waals surface area contributed by atoms with Gasteiger partial charge in [-0.05, 0) is 19.9 Å². The molecular formula is C16H15N7O2. The molecule has 0 saturated heterocycles. The number of carboxylic acid groups (broad SMARTS) is 1. The van der Waals surface area contributed by atoms with Crippen molar-refractivity contribution >= 4 is 11.8 Å². The lowest BCUT2D eigenvalue weighted by Gasteiger charge is -2.07. The number of H-pyrrole nitrogens is 1. The molecule has 9 heteroatoms. The average molecular weight is 337 g/mol. The number of pyridine rings is 1. The number of nitrogen functional groups attached to an aromatic ring is 1. The van der Waals surface area contributed by atoms with Gasteiger partial charge >= 0.3 is 5.97 Å². The number of carboxylic acids is 1. The van der Waals surface area contributed by atoms with Crippen molar-refractivity contribution in [2.75, 3.05) is 5.73 Å². The molecule has 0 aromatic carbocycles. The molecule has 9 nitrogen and oxygen atoms in total. The van der Waals surface area contributed by atoms with Crippen LogP contribution in [0, 0.1) is 18.3 Å². The van der Waals surface area contributed by atoms with E-state index in [2.05, 4.69) is 26.3 Å². The predicted octanol–water partition coefficient (Wildman–Crippen LogP) is 1.82. The van der Waals surface area contributed by atoms with Crippen LogP contribution in [0.2, 0.25) is 0 Å². The van der Waals surface area contributed by atoms with Crippen LogP contribution in [0.25, 0.3) is 22.5 Å². The van der Waals surface area contributed by atoms with Gasteiger partial charge in [-0.3, -0.25) is 9.78 Å². The lowest BCUT2D eigenvalue weighted by atomic mass is 10.0. The van der Waals surface area contributed by atoms with Crippen molar-refractivity contribution in [1.29, 1.82) is 5.26 Å². The van der Waals surface area contributed by atoms with Gasteiger partial charge < -0.3 is 10.8 Å². The Hall–Kier alpha value is -3.67. The molecule has 0 bridgehead atoms. The number of nitrogens with one attached hydrogen (secondary N) is 1. The SMILES string of the molecule is CCn1cc(-c2cc(-c3cc(C(=O)O)[nH]n3)nc(N)c2C#N)c(C)n1. The van der Waals surface area contributed by atoms with Gasteiger partial charge in [-0.1, -0.05) is 0 Å². The van der Waals surface area contributed by atoms with Crippen molar-refractivity contribution in [1.82, 2.24) is 25.0 Å². The van der Waals surface area contributed by atoms with E-state index in [1.807, 2.05) is 20.0 Å². The maximum atomic E-state index is 11.0. The van der Waals surface area contributed by atoms with Crippen molar-refractivity contribution in [2.45, 2.75) is 20.4 Å². The summed E-state index contributed by atoms with van der Waals surface area (Å²) in [6, 6.07) is 5.10. The van der Waals surface area contributed by atoms with Gasteiger partial charge in [-0.25, -0.2) is 9.78 Å². The quantitative estimate of drug-likeness (QED) is 0.657. The Balaban J connectivity index is 2.20. The number of hydrogen-bond donors (Lipinski definition) is 3. The highest BCUT2D eigenvalue weighted by Crippen LogP contribution is 2.32. The van der Waals surface area contributed by atoms with Crippen LogP contribution in [0.5, 0.6) is 0 Å². The highest BCUT2D eigenvalue weighted by Gasteiger charge is 2.18. The summed E-state index contributed by atoms with van der Waals surface area (Å²) < 4.78 is 1.76. The van der Waals surface area contributed by atoms with E-state index in [1.165, 1.54) is 6.07 Å². The standard InChI is InChI=1S/C16H15N7O2/c1-3-23-7-11(8(2)22-23)9-4-12(19-15(18)10(9)6-17)13-5-14(16(24)25)21-20-13/h4-5,7H,3H2,1-2H3,(H2,18,19)(H,20,21)(H,24,25). The molecule has 0 amide bonds. The van der Waals surface area contributed by atoms with Crippen LogP contribution in [0.3, 0.4) is 0 Å². The van der Waals surface area contributed by atoms with E-state index in [4.69, 9.17) is 10.8 Å². The zero-order chi connectivity index (χ0) is 18.1. The molecule has 3 aromatic heterocycles. The van der Waals surface area contributed by atoms with Gasteiger partial charge in [0.1, 0.15) is 28.8 Å². The number of anilines is 1. The summed E-state index contributed by atoms with van der Waals surface area (Å²) in [5, 5.41) is 29.2. The summed E-state index contributed by atoms with van der Waals surface area (Å²) in [5.74, 6) is -1.07. The summed E-state index contributed by atoms with van der Waals surface area (Å²) in [7, 11) is 0. The third-order valence-corrected chi connectivity index (χ3v) is 3.79. The first-order chi connectivity index (χ1) is 11.9. The first-order valence-corrected chi connectivity index (χ1v) is 7.48. The highest BCUT2D eigenvalue weighted by molar-refractivity contribution is 5.87. The summed E-state index contributed by atoms with van der Waals surface area (Å²) >= 11 is 0. The van der Waals surface area contributed by atoms with E-state index < -0.39 is 5.97 Å². The zero-order valence-electron chi connectivity index (χ0n) is 13.6. The topological polar surface area (TPSA) is 146 Å². The third-order valence-electron chi connectivity index (χ3n) is 3.79. The van der Waals surface area contributed by atoms with Crippen LogP contribution < -0.4 is 5.73 Å². The molecule has 25 heavy (non-hydrogen) atoms. The highest BCUT2D eigenvalue weighted by atomic mass is 16.4. The first kappa shape index (κ1) is 16.2. The molecule has 4 N–H and O–H groups in total. The molecule has 0 unspecified atom stereocenters. The summed E-state index contributed by atoms with van der Waals surface area (Å²) in [4.78, 5) is 15.2. The Bertz CT molecular complexity index is 1010. The number of nitrogens with zero attached hydrogens (tertiary/aromatic N) is 5. The Morgan fingerprint density at radius 2 is 2.16 bits per heavy atom. The first-order valence-electron chi connectivity index (χ1n) is 7.48. The fourth-order valence-corrected chi connectivity index (χ4v) is 2.53. The second-order valence-corrected chi connectivity index (χ2v) is 5.38. The van der Waals surface area contributed by atoms with Gasteiger partial charge in [0.15, 0.2) is 0 Å². The summed E-state index contributed by atoms with van der Waals surface area (Å²) in [6.07, 6.45) is 1.84. The molecule has 0 atom stereocenters. The van der Waals surface area contributed by atoms with Crippen LogP contribution in [-0.2, 0) is 6.54 Å². The molecule has 0 aliphatic rings. The zero-order valence-corrected chi connectivity index (χ0v) is 13.6. The van der Waals surface area contributed by atoms with E-state index in [0.29, 0.717) is 23.5 Å². The van der Waals surface area contributed by atoms with Crippen LogP contribution >= 0.6 is 0 Å². The number of nitriles is 1. The number of carbonyl (C=O) groups is 1. The molecule has 0 fully saturated rings. The van der Waals surface area contributed by atoms with Crippen LogP contribution in [0.4, 0.5) is 5.82 Å². The van der Waals surface area contributed by atoms with Crippen LogP contribution in [0.1, 0.15) is 28.7 Å². The van der Waals surface area contributed by atoms with Crippen molar-refractivity contribution in [3.8, 4) is 28.6 Å². The van der Waals surface area contributed by atoms with Crippen molar-refractivity contribution < 1.29 is 9.90 Å². The number of nitrogens with two attached hydrogens (primary N) is 1. The van der Waals surface area contributed by atoms with E-state index in [9.17, 15) is 10.1 Å². The van der Waals surface area contributed by atoms with E-state index in [-0.39, 0.29) is 17.1 Å². The van der Waals surface area contributed by atoms with E-state index in [0.717, 1.165) is 11.3 Å². The van der Waals surface area contributed by atoms with Gasteiger partial charge in [0.25, 0.3) is 0 Å². The molecular weight excluding hydrogens is 322 g/mol. The maximum Gasteiger partial charge on any atom is 0.353 e. The van der Waals surface area contributed by atoms with Crippen molar-refractivity contribution in [3.63, 3.8) is 0 Å². The van der Waals surface area contributed by atoms with Crippen LogP contribution in [0.15, 0.2) is 18.3 Å². The largest absolute Gasteiger partial charge is 0.477 e.